The molecule has 164 valence electrons. The number of carbonyl (C=O) groups is 1. The van der Waals surface area contributed by atoms with Crippen molar-refractivity contribution in [3.05, 3.63) is 64.6 Å². The molecule has 1 aromatic heterocycles. The van der Waals surface area contributed by atoms with Crippen molar-refractivity contribution in [2.24, 2.45) is 0 Å². The van der Waals surface area contributed by atoms with E-state index >= 15 is 0 Å². The first-order valence-electron chi connectivity index (χ1n) is 9.08. The molecule has 0 unspecified atom stereocenters. The number of carboxylic acids is 1. The van der Waals surface area contributed by atoms with Crippen molar-refractivity contribution in [1.29, 1.82) is 0 Å². The zero-order valence-electron chi connectivity index (χ0n) is 16.1. The molecule has 0 spiro atoms. The third-order valence-corrected chi connectivity index (χ3v) is 4.46. The minimum Gasteiger partial charge on any atom is -0.481 e. The van der Waals surface area contributed by atoms with Crippen LogP contribution in [0.3, 0.4) is 0 Å². The Morgan fingerprint density at radius 3 is 2.48 bits per heavy atom. The van der Waals surface area contributed by atoms with Crippen LogP contribution < -0.4 is 9.47 Å². The molecule has 5 nitrogen and oxygen atoms in total. The zero-order valence-corrected chi connectivity index (χ0v) is 16.1. The summed E-state index contributed by atoms with van der Waals surface area (Å²) < 4.78 is 78.3. The number of benzene rings is 2. The van der Waals surface area contributed by atoms with Crippen LogP contribution in [0.5, 0.6) is 11.5 Å². The third kappa shape index (κ3) is 4.84. The lowest BCUT2D eigenvalue weighted by molar-refractivity contribution is -0.139. The molecule has 0 aliphatic heterocycles. The molecule has 0 amide bonds. The van der Waals surface area contributed by atoms with Gasteiger partial charge in [0.15, 0.2) is 6.61 Å². The number of carboxylic acid groups (broad SMARTS) is 1. The summed E-state index contributed by atoms with van der Waals surface area (Å²) in [6, 6.07) is 4.82. The summed E-state index contributed by atoms with van der Waals surface area (Å²) >= 11 is 0. The maximum atomic E-state index is 14.5. The maximum absolute atomic E-state index is 14.5. The predicted molar refractivity (Wildman–Crippen MR) is 100 cm³/mol. The summed E-state index contributed by atoms with van der Waals surface area (Å²) in [5.74, 6) is -4.70. The Labute approximate surface area is 173 Å². The molecule has 0 radical (unpaired) electrons. The van der Waals surface area contributed by atoms with Gasteiger partial charge in [-0.2, -0.15) is 8.78 Å². The summed E-state index contributed by atoms with van der Waals surface area (Å²) in [4.78, 5) is 15.0. The molecule has 0 aliphatic rings. The van der Waals surface area contributed by atoms with E-state index in [0.717, 1.165) is 24.3 Å². The molecule has 3 aromatic rings. The summed E-state index contributed by atoms with van der Waals surface area (Å²) in [6.45, 7) is -2.53. The highest BCUT2D eigenvalue weighted by Crippen LogP contribution is 2.40. The van der Waals surface area contributed by atoms with Gasteiger partial charge in [0.1, 0.15) is 34.5 Å². The van der Waals surface area contributed by atoms with Crippen LogP contribution in [0.2, 0.25) is 0 Å². The van der Waals surface area contributed by atoms with E-state index in [0.29, 0.717) is 6.07 Å². The first kappa shape index (κ1) is 22.3. The van der Waals surface area contributed by atoms with Gasteiger partial charge in [-0.1, -0.05) is 13.0 Å². The molecule has 0 saturated heterocycles. The number of aromatic nitrogens is 1. The number of hydrogen-bond acceptors (Lipinski definition) is 4. The molecule has 0 fully saturated rings. The van der Waals surface area contributed by atoms with E-state index in [1.165, 1.54) is 0 Å². The van der Waals surface area contributed by atoms with Crippen molar-refractivity contribution in [3.63, 3.8) is 0 Å². The summed E-state index contributed by atoms with van der Waals surface area (Å²) in [5.41, 5.74) is -0.216. The van der Waals surface area contributed by atoms with Crippen LogP contribution in [-0.2, 0) is 17.6 Å². The normalized spacial score (nSPS) is 11.2. The first-order chi connectivity index (χ1) is 14.7. The number of ether oxygens (including phenoxy) is 2. The second-order valence-electron chi connectivity index (χ2n) is 6.46. The van der Waals surface area contributed by atoms with Crippen LogP contribution in [0.25, 0.3) is 10.9 Å². The molecule has 31 heavy (non-hydrogen) atoms. The Morgan fingerprint density at radius 2 is 1.87 bits per heavy atom. The number of pyridine rings is 1. The van der Waals surface area contributed by atoms with Gasteiger partial charge in [0, 0.05) is 23.7 Å². The maximum Gasteiger partial charge on any atom is 0.387 e. The standard InChI is InChI=1S/C21H16F5NO4/c1-2-15-12(7-10-3-4-11(22)8-14(10)24)20(31-21(25)26)18-16(30-9-17(28)29)6-5-13(23)19(18)27-15/h3-6,8,21H,2,7,9H2,1H3,(H,28,29). The van der Waals surface area contributed by atoms with Crippen LogP contribution in [0.4, 0.5) is 22.0 Å². The summed E-state index contributed by atoms with van der Waals surface area (Å²) in [6.07, 6.45) is -0.150. The number of nitrogens with zero attached hydrogens (tertiary/aromatic N) is 1. The summed E-state index contributed by atoms with van der Waals surface area (Å²) in [7, 11) is 0. The average Bonchev–Trinajstić information content (AvgIpc) is 2.70. The van der Waals surface area contributed by atoms with Crippen molar-refractivity contribution in [1.82, 2.24) is 4.98 Å². The highest BCUT2D eigenvalue weighted by Gasteiger charge is 2.25. The number of aliphatic carboxylic acids is 1. The van der Waals surface area contributed by atoms with Crippen LogP contribution >= 0.6 is 0 Å². The molecule has 1 N–H and O–H groups in total. The smallest absolute Gasteiger partial charge is 0.387 e. The number of fused-ring (bicyclic) bond motifs is 1. The summed E-state index contributed by atoms with van der Waals surface area (Å²) in [5, 5.41) is 8.55. The van der Waals surface area contributed by atoms with Crippen molar-refractivity contribution < 1.29 is 41.3 Å². The number of aryl methyl sites for hydroxylation is 1. The number of hydrogen-bond donors (Lipinski definition) is 1. The Bertz CT molecular complexity index is 1140. The Kier molecular flexibility index (Phi) is 6.57. The Hall–Kier alpha value is -3.43. The van der Waals surface area contributed by atoms with Gasteiger partial charge in [-0.25, -0.2) is 22.9 Å². The van der Waals surface area contributed by atoms with Gasteiger partial charge < -0.3 is 14.6 Å². The van der Waals surface area contributed by atoms with Gasteiger partial charge in [0.05, 0.1) is 5.39 Å². The average molecular weight is 441 g/mol. The minimum absolute atomic E-state index is 0.0200. The quantitative estimate of drug-likeness (QED) is 0.505. The van der Waals surface area contributed by atoms with Gasteiger partial charge in [0.25, 0.3) is 0 Å². The van der Waals surface area contributed by atoms with E-state index in [1.807, 2.05) is 0 Å². The van der Waals surface area contributed by atoms with Crippen molar-refractivity contribution in [2.75, 3.05) is 6.61 Å². The molecule has 3 rings (SSSR count). The van der Waals surface area contributed by atoms with E-state index in [9.17, 15) is 26.7 Å². The van der Waals surface area contributed by atoms with Gasteiger partial charge in [0.2, 0.25) is 0 Å². The highest BCUT2D eigenvalue weighted by molar-refractivity contribution is 5.93. The monoisotopic (exact) mass is 441 g/mol. The topological polar surface area (TPSA) is 68.7 Å². The molecule has 2 aromatic carbocycles. The predicted octanol–water partition coefficient (Wildman–Crippen LogP) is 4.87. The number of halogens is 5. The molecule has 0 atom stereocenters. The van der Waals surface area contributed by atoms with E-state index < -0.39 is 42.4 Å². The lowest BCUT2D eigenvalue weighted by atomic mass is 9.97. The van der Waals surface area contributed by atoms with Crippen LogP contribution in [0.1, 0.15) is 23.7 Å². The number of rotatable bonds is 8. The molecular weight excluding hydrogens is 425 g/mol. The Morgan fingerprint density at radius 1 is 1.13 bits per heavy atom. The van der Waals surface area contributed by atoms with E-state index in [4.69, 9.17) is 9.84 Å². The third-order valence-electron chi connectivity index (χ3n) is 4.46. The van der Waals surface area contributed by atoms with Gasteiger partial charge in [-0.3, -0.25) is 0 Å². The Balaban J connectivity index is 2.30. The second kappa shape index (κ2) is 9.15. The molecule has 0 saturated carbocycles. The molecule has 10 heteroatoms. The van der Waals surface area contributed by atoms with Gasteiger partial charge in [-0.05, 0) is 30.2 Å². The SMILES string of the molecule is CCc1nc2c(F)ccc(OCC(=O)O)c2c(OC(F)F)c1Cc1ccc(F)cc1F. The second-order valence-corrected chi connectivity index (χ2v) is 6.46. The van der Waals surface area contributed by atoms with Crippen LogP contribution in [-0.4, -0.2) is 29.3 Å². The van der Waals surface area contributed by atoms with Gasteiger partial charge >= 0.3 is 12.6 Å². The van der Waals surface area contributed by atoms with Crippen molar-refractivity contribution in [3.8, 4) is 11.5 Å². The fourth-order valence-electron chi connectivity index (χ4n) is 3.17. The van der Waals surface area contributed by atoms with Gasteiger partial charge in [-0.15, -0.1) is 0 Å². The van der Waals surface area contributed by atoms with E-state index in [1.54, 1.807) is 6.92 Å². The highest BCUT2D eigenvalue weighted by atomic mass is 19.3. The molecule has 0 aliphatic carbocycles. The fraction of sp³-hybridized carbons (Fsp3) is 0.238. The fourth-order valence-corrected chi connectivity index (χ4v) is 3.17. The largest absolute Gasteiger partial charge is 0.481 e. The van der Waals surface area contributed by atoms with Crippen LogP contribution in [0, 0.1) is 17.5 Å². The van der Waals surface area contributed by atoms with Crippen molar-refractivity contribution >= 4 is 16.9 Å². The van der Waals surface area contributed by atoms with Crippen molar-refractivity contribution in [2.45, 2.75) is 26.4 Å². The lowest BCUT2D eigenvalue weighted by Gasteiger charge is -2.19. The first-order valence-corrected chi connectivity index (χ1v) is 9.08. The minimum atomic E-state index is -3.33. The van der Waals surface area contributed by atoms with Crippen LogP contribution in [0.15, 0.2) is 30.3 Å². The molecule has 0 bridgehead atoms. The number of alkyl halides is 2. The van der Waals surface area contributed by atoms with E-state index in [2.05, 4.69) is 9.72 Å². The molecular formula is C21H16F5NO4. The van der Waals surface area contributed by atoms with E-state index in [-0.39, 0.29) is 46.3 Å². The molecule has 1 heterocycles. The lowest BCUT2D eigenvalue weighted by Crippen LogP contribution is -2.13. The zero-order chi connectivity index (χ0) is 22.7.